The van der Waals surface area contributed by atoms with E-state index in [9.17, 15) is 4.79 Å². The average molecular weight is 438 g/mol. The second-order valence-electron chi connectivity index (χ2n) is 7.43. The summed E-state index contributed by atoms with van der Waals surface area (Å²) in [6, 6.07) is 9.64. The van der Waals surface area contributed by atoms with Crippen molar-refractivity contribution in [3.05, 3.63) is 54.2 Å². The highest BCUT2D eigenvalue weighted by Crippen LogP contribution is 2.34. The van der Waals surface area contributed by atoms with Crippen molar-refractivity contribution in [3.8, 4) is 23.0 Å². The summed E-state index contributed by atoms with van der Waals surface area (Å²) in [4.78, 5) is 25.0. The first kappa shape index (κ1) is 21.5. The number of aryl methyl sites for hydroxylation is 1. The van der Waals surface area contributed by atoms with Crippen molar-refractivity contribution < 1.29 is 18.7 Å². The first-order valence-electron chi connectivity index (χ1n) is 10.5. The smallest absolute Gasteiger partial charge is 0.317 e. The highest BCUT2D eigenvalue weighted by atomic mass is 16.5. The third-order valence-electron chi connectivity index (χ3n) is 5.48. The number of ether oxygens (including phenoxy) is 2. The second kappa shape index (κ2) is 9.59. The van der Waals surface area contributed by atoms with E-state index in [1.165, 1.54) is 0 Å². The maximum absolute atomic E-state index is 12.6. The Morgan fingerprint density at radius 3 is 2.62 bits per heavy atom. The van der Waals surface area contributed by atoms with Gasteiger partial charge in [0.15, 0.2) is 11.7 Å². The zero-order chi connectivity index (χ0) is 22.5. The Morgan fingerprint density at radius 2 is 1.94 bits per heavy atom. The molecular formula is C23H27N5O4. The van der Waals surface area contributed by atoms with Gasteiger partial charge in [-0.3, -0.25) is 0 Å². The minimum absolute atomic E-state index is 0.0934. The monoisotopic (exact) mass is 437 g/mol. The van der Waals surface area contributed by atoms with Crippen LogP contribution in [0.2, 0.25) is 0 Å². The Bertz CT molecular complexity index is 1080. The van der Waals surface area contributed by atoms with E-state index < -0.39 is 0 Å². The summed E-state index contributed by atoms with van der Waals surface area (Å²) in [6.07, 6.45) is 3.36. The van der Waals surface area contributed by atoms with E-state index in [4.69, 9.17) is 13.9 Å². The second-order valence-corrected chi connectivity index (χ2v) is 7.43. The molecule has 32 heavy (non-hydrogen) atoms. The molecule has 1 aliphatic rings. The lowest BCUT2D eigenvalue weighted by molar-refractivity contribution is 0.194. The molecule has 4 rings (SSSR count). The van der Waals surface area contributed by atoms with E-state index in [0.29, 0.717) is 37.2 Å². The van der Waals surface area contributed by atoms with Crippen LogP contribution in [0.1, 0.15) is 11.5 Å². The number of oxazole rings is 1. The summed E-state index contributed by atoms with van der Waals surface area (Å²) in [6.45, 7) is 4.90. The molecule has 168 valence electrons. The minimum atomic E-state index is -0.0934. The molecule has 0 radical (unpaired) electrons. The Labute approximate surface area is 187 Å². The number of benzene rings is 1. The number of pyridine rings is 1. The summed E-state index contributed by atoms with van der Waals surface area (Å²) in [5, 5.41) is 2.96. The van der Waals surface area contributed by atoms with Crippen molar-refractivity contribution in [3.63, 3.8) is 0 Å². The first-order valence-corrected chi connectivity index (χ1v) is 10.5. The first-order chi connectivity index (χ1) is 15.6. The summed E-state index contributed by atoms with van der Waals surface area (Å²) in [7, 11) is 3.21. The summed E-state index contributed by atoms with van der Waals surface area (Å²) >= 11 is 0. The fourth-order valence-corrected chi connectivity index (χ4v) is 3.76. The number of anilines is 1. The van der Waals surface area contributed by atoms with Crippen LogP contribution < -0.4 is 19.7 Å². The van der Waals surface area contributed by atoms with Gasteiger partial charge in [0.05, 0.1) is 26.0 Å². The van der Waals surface area contributed by atoms with Crippen molar-refractivity contribution in [2.75, 3.05) is 45.3 Å². The molecule has 0 unspecified atom stereocenters. The number of methoxy groups -OCH3 is 2. The van der Waals surface area contributed by atoms with E-state index in [-0.39, 0.29) is 6.03 Å². The Morgan fingerprint density at radius 1 is 1.12 bits per heavy atom. The van der Waals surface area contributed by atoms with Gasteiger partial charge in [0.25, 0.3) is 0 Å². The number of carbonyl (C=O) groups excluding carboxylic acids is 1. The molecule has 1 saturated heterocycles. The molecule has 1 fully saturated rings. The lowest BCUT2D eigenvalue weighted by atomic mass is 10.1. The molecule has 0 aliphatic carbocycles. The number of aromatic nitrogens is 2. The number of hydrogen-bond acceptors (Lipinski definition) is 7. The van der Waals surface area contributed by atoms with Gasteiger partial charge >= 0.3 is 6.03 Å². The maximum Gasteiger partial charge on any atom is 0.317 e. The Kier molecular flexibility index (Phi) is 6.44. The normalized spacial score (nSPS) is 13.7. The molecule has 1 aromatic carbocycles. The molecule has 1 N–H and O–H groups in total. The molecule has 2 amide bonds. The van der Waals surface area contributed by atoms with Gasteiger partial charge in [-0.2, -0.15) is 0 Å². The van der Waals surface area contributed by atoms with E-state index >= 15 is 0 Å². The molecule has 9 heteroatoms. The van der Waals surface area contributed by atoms with Crippen LogP contribution in [-0.4, -0.2) is 61.3 Å². The molecule has 0 atom stereocenters. The number of piperazine rings is 1. The summed E-state index contributed by atoms with van der Waals surface area (Å²) in [5.41, 5.74) is 2.75. The predicted molar refractivity (Wildman–Crippen MR) is 120 cm³/mol. The number of nitrogens with one attached hydrogen (secondary N) is 1. The van der Waals surface area contributed by atoms with Crippen molar-refractivity contribution in [2.24, 2.45) is 0 Å². The maximum atomic E-state index is 12.6. The fraction of sp³-hybridized carbons (Fsp3) is 0.348. The lowest BCUT2D eigenvalue weighted by Crippen LogP contribution is -2.51. The summed E-state index contributed by atoms with van der Waals surface area (Å²) in [5.74, 6) is 2.54. The molecule has 0 bridgehead atoms. The van der Waals surface area contributed by atoms with E-state index in [2.05, 4.69) is 20.2 Å². The van der Waals surface area contributed by atoms with Crippen molar-refractivity contribution in [1.82, 2.24) is 20.2 Å². The SMILES string of the molecule is COc1cc(N2CCN(C(=O)NCc3cccnc3OC)CC2)ccc1-c1cnc(C)o1. The standard InChI is InChI=1S/C23H27N5O4/c1-16-25-15-21(32-16)19-7-6-18(13-20(19)30-2)27-9-11-28(12-10-27)23(29)26-14-17-5-4-8-24-22(17)31-3/h4-8,13,15H,9-12,14H2,1-3H3,(H,26,29). The fourth-order valence-electron chi connectivity index (χ4n) is 3.76. The number of nitrogens with zero attached hydrogens (tertiary/aromatic N) is 4. The van der Waals surface area contributed by atoms with Crippen LogP contribution >= 0.6 is 0 Å². The van der Waals surface area contributed by atoms with Crippen molar-refractivity contribution in [1.29, 1.82) is 0 Å². The third-order valence-corrected chi connectivity index (χ3v) is 5.48. The molecule has 1 aliphatic heterocycles. The molecule has 2 aromatic heterocycles. The van der Waals surface area contributed by atoms with E-state index in [1.54, 1.807) is 26.6 Å². The van der Waals surface area contributed by atoms with Gasteiger partial charge in [-0.1, -0.05) is 6.07 Å². The third kappa shape index (κ3) is 4.61. The average Bonchev–Trinajstić information content (AvgIpc) is 3.28. The molecule has 9 nitrogen and oxygen atoms in total. The molecule has 3 aromatic rings. The Balaban J connectivity index is 1.35. The van der Waals surface area contributed by atoms with Gasteiger partial charge < -0.3 is 29.0 Å². The molecule has 0 saturated carbocycles. The van der Waals surface area contributed by atoms with Crippen LogP contribution in [0.4, 0.5) is 10.5 Å². The largest absolute Gasteiger partial charge is 0.496 e. The molecule has 3 heterocycles. The highest BCUT2D eigenvalue weighted by molar-refractivity contribution is 5.75. The van der Waals surface area contributed by atoms with Gasteiger partial charge in [0.2, 0.25) is 5.88 Å². The zero-order valence-electron chi connectivity index (χ0n) is 18.5. The van der Waals surface area contributed by atoms with Crippen molar-refractivity contribution in [2.45, 2.75) is 13.5 Å². The molecule has 0 spiro atoms. The van der Waals surface area contributed by atoms with Gasteiger partial charge in [0.1, 0.15) is 5.75 Å². The van der Waals surface area contributed by atoms with Gasteiger partial charge in [-0.15, -0.1) is 0 Å². The number of carbonyl (C=O) groups is 1. The van der Waals surface area contributed by atoms with Gasteiger partial charge in [-0.25, -0.2) is 14.8 Å². The highest BCUT2D eigenvalue weighted by Gasteiger charge is 2.22. The van der Waals surface area contributed by atoms with Crippen LogP contribution in [0.25, 0.3) is 11.3 Å². The van der Waals surface area contributed by atoms with Crippen LogP contribution in [0.5, 0.6) is 11.6 Å². The summed E-state index contributed by atoms with van der Waals surface area (Å²) < 4.78 is 16.5. The molecular weight excluding hydrogens is 410 g/mol. The van der Waals surface area contributed by atoms with Crippen LogP contribution in [0.15, 0.2) is 47.1 Å². The minimum Gasteiger partial charge on any atom is -0.496 e. The van der Waals surface area contributed by atoms with Crippen LogP contribution in [0, 0.1) is 6.92 Å². The predicted octanol–water partition coefficient (Wildman–Crippen LogP) is 3.09. The van der Waals surface area contributed by atoms with Crippen molar-refractivity contribution >= 4 is 11.7 Å². The van der Waals surface area contributed by atoms with E-state index in [0.717, 1.165) is 35.7 Å². The number of hydrogen-bond donors (Lipinski definition) is 1. The lowest BCUT2D eigenvalue weighted by Gasteiger charge is -2.36. The van der Waals surface area contributed by atoms with Gasteiger partial charge in [0, 0.05) is 63.2 Å². The van der Waals surface area contributed by atoms with Crippen LogP contribution in [-0.2, 0) is 6.54 Å². The number of rotatable bonds is 6. The number of urea groups is 1. The quantitative estimate of drug-likeness (QED) is 0.633. The number of amides is 2. The van der Waals surface area contributed by atoms with Gasteiger partial charge in [-0.05, 0) is 18.2 Å². The van der Waals surface area contributed by atoms with E-state index in [1.807, 2.05) is 42.2 Å². The topological polar surface area (TPSA) is 93.0 Å². The zero-order valence-corrected chi connectivity index (χ0v) is 18.5. The Hall–Kier alpha value is -3.75. The van der Waals surface area contributed by atoms with Crippen LogP contribution in [0.3, 0.4) is 0 Å².